The number of phenols is 1. The molecule has 0 spiro atoms. The smallest absolute Gasteiger partial charge is 0.115 e. The van der Waals surface area contributed by atoms with Crippen molar-refractivity contribution >= 4 is 11.6 Å². The number of hydrogen-bond acceptors (Lipinski definition) is 1. The van der Waals surface area contributed by atoms with Crippen LogP contribution >= 0.6 is 11.6 Å². The zero-order valence-electron chi connectivity index (χ0n) is 10.7. The van der Waals surface area contributed by atoms with Crippen LogP contribution in [0.5, 0.6) is 5.75 Å². The molecule has 3 rings (SSSR count). The van der Waals surface area contributed by atoms with Gasteiger partial charge >= 0.3 is 0 Å². The summed E-state index contributed by atoms with van der Waals surface area (Å²) >= 11 is 6.64. The minimum atomic E-state index is 0.0961. The molecular formula is C17H17ClO. The van der Waals surface area contributed by atoms with Gasteiger partial charge in [0.2, 0.25) is 0 Å². The van der Waals surface area contributed by atoms with E-state index in [0.29, 0.717) is 11.7 Å². The van der Waals surface area contributed by atoms with Crippen molar-refractivity contribution < 1.29 is 5.11 Å². The maximum absolute atomic E-state index is 9.32. The topological polar surface area (TPSA) is 20.2 Å². The Balaban J connectivity index is 1.79. The lowest BCUT2D eigenvalue weighted by atomic mass is 9.80. The summed E-state index contributed by atoms with van der Waals surface area (Å²) in [6.07, 6.45) is 3.22. The van der Waals surface area contributed by atoms with E-state index in [9.17, 15) is 5.11 Å². The van der Waals surface area contributed by atoms with E-state index < -0.39 is 0 Å². The first kappa shape index (κ1) is 12.6. The van der Waals surface area contributed by atoms with Crippen LogP contribution in [0.25, 0.3) is 0 Å². The number of fused-ring (bicyclic) bond motifs is 1. The van der Waals surface area contributed by atoms with E-state index in [-0.39, 0.29) is 5.38 Å². The van der Waals surface area contributed by atoms with Crippen molar-refractivity contribution in [2.75, 3.05) is 0 Å². The molecule has 2 aromatic carbocycles. The van der Waals surface area contributed by atoms with Crippen LogP contribution in [0.15, 0.2) is 48.5 Å². The van der Waals surface area contributed by atoms with Crippen molar-refractivity contribution in [3.63, 3.8) is 0 Å². The Kier molecular flexibility index (Phi) is 3.48. The second-order valence-electron chi connectivity index (χ2n) is 5.27. The summed E-state index contributed by atoms with van der Waals surface area (Å²) in [6.45, 7) is 0. The first-order valence-electron chi connectivity index (χ1n) is 6.74. The zero-order chi connectivity index (χ0) is 13.2. The number of rotatable bonds is 2. The highest BCUT2D eigenvalue weighted by Gasteiger charge is 2.27. The Labute approximate surface area is 118 Å². The molecule has 1 nitrogen and oxygen atoms in total. The van der Waals surface area contributed by atoms with Gasteiger partial charge in [-0.25, -0.2) is 0 Å². The average molecular weight is 273 g/mol. The van der Waals surface area contributed by atoms with Crippen LogP contribution in [0.3, 0.4) is 0 Å². The van der Waals surface area contributed by atoms with Gasteiger partial charge in [-0.3, -0.25) is 0 Å². The minimum Gasteiger partial charge on any atom is -0.508 e. The summed E-state index contributed by atoms with van der Waals surface area (Å²) in [6, 6.07) is 15.9. The van der Waals surface area contributed by atoms with E-state index in [2.05, 4.69) is 24.3 Å². The van der Waals surface area contributed by atoms with Crippen molar-refractivity contribution in [1.29, 1.82) is 0 Å². The molecule has 0 saturated carbocycles. The van der Waals surface area contributed by atoms with Gasteiger partial charge in [0.25, 0.3) is 0 Å². The highest BCUT2D eigenvalue weighted by molar-refractivity contribution is 6.21. The quantitative estimate of drug-likeness (QED) is 0.800. The fourth-order valence-corrected chi connectivity index (χ4v) is 3.34. The monoisotopic (exact) mass is 272 g/mol. The Morgan fingerprint density at radius 1 is 1.05 bits per heavy atom. The van der Waals surface area contributed by atoms with Crippen molar-refractivity contribution in [3.8, 4) is 5.75 Å². The fourth-order valence-electron chi connectivity index (χ4n) is 2.91. The van der Waals surface area contributed by atoms with Crippen LogP contribution in [0, 0.1) is 5.92 Å². The fraction of sp³-hybridized carbons (Fsp3) is 0.294. The molecular weight excluding hydrogens is 256 g/mol. The van der Waals surface area contributed by atoms with Crippen LogP contribution in [-0.4, -0.2) is 5.11 Å². The van der Waals surface area contributed by atoms with Crippen LogP contribution in [0.4, 0.5) is 0 Å². The minimum absolute atomic E-state index is 0.0961. The van der Waals surface area contributed by atoms with E-state index >= 15 is 0 Å². The third-order valence-electron chi connectivity index (χ3n) is 3.98. The predicted octanol–water partition coefficient (Wildman–Crippen LogP) is 4.48. The van der Waals surface area contributed by atoms with Crippen molar-refractivity contribution in [2.24, 2.45) is 5.92 Å². The lowest BCUT2D eigenvalue weighted by Crippen LogP contribution is -2.19. The molecule has 19 heavy (non-hydrogen) atoms. The number of benzene rings is 2. The average Bonchev–Trinajstić information content (AvgIpc) is 2.45. The molecule has 2 unspecified atom stereocenters. The van der Waals surface area contributed by atoms with E-state index in [1.807, 2.05) is 12.1 Å². The van der Waals surface area contributed by atoms with Crippen molar-refractivity contribution in [3.05, 3.63) is 65.2 Å². The molecule has 0 bridgehead atoms. The highest BCUT2D eigenvalue weighted by Crippen LogP contribution is 2.40. The summed E-state index contributed by atoms with van der Waals surface area (Å²) in [7, 11) is 0. The van der Waals surface area contributed by atoms with Crippen molar-refractivity contribution in [1.82, 2.24) is 0 Å². The third kappa shape index (κ3) is 2.62. The molecule has 0 aliphatic heterocycles. The van der Waals surface area contributed by atoms with Crippen LogP contribution in [-0.2, 0) is 12.8 Å². The molecule has 0 radical (unpaired) electrons. The molecule has 0 heterocycles. The van der Waals surface area contributed by atoms with Crippen molar-refractivity contribution in [2.45, 2.75) is 24.6 Å². The van der Waals surface area contributed by atoms with E-state index in [0.717, 1.165) is 19.3 Å². The Hall–Kier alpha value is -1.47. The number of alkyl halides is 1. The van der Waals surface area contributed by atoms with Gasteiger partial charge in [0, 0.05) is 0 Å². The summed E-state index contributed by atoms with van der Waals surface area (Å²) in [5.74, 6) is 0.793. The van der Waals surface area contributed by atoms with Gasteiger partial charge in [-0.1, -0.05) is 36.4 Å². The van der Waals surface area contributed by atoms with Gasteiger partial charge in [0.05, 0.1) is 5.38 Å². The Bertz CT molecular complexity index is 562. The predicted molar refractivity (Wildman–Crippen MR) is 78.7 cm³/mol. The van der Waals surface area contributed by atoms with E-state index in [1.165, 1.54) is 16.7 Å². The second-order valence-corrected chi connectivity index (χ2v) is 5.74. The lowest BCUT2D eigenvalue weighted by Gasteiger charge is -2.29. The molecule has 2 heteroatoms. The number of hydrogen-bond donors (Lipinski definition) is 1. The van der Waals surface area contributed by atoms with Gasteiger partial charge in [0.15, 0.2) is 0 Å². The molecule has 0 amide bonds. The van der Waals surface area contributed by atoms with Gasteiger partial charge in [0.1, 0.15) is 5.75 Å². The normalized spacial score (nSPS) is 21.9. The first-order valence-corrected chi connectivity index (χ1v) is 7.17. The number of aryl methyl sites for hydroxylation is 1. The molecule has 2 aromatic rings. The van der Waals surface area contributed by atoms with Gasteiger partial charge in [-0.2, -0.15) is 0 Å². The maximum Gasteiger partial charge on any atom is 0.115 e. The van der Waals surface area contributed by atoms with Crippen LogP contribution < -0.4 is 0 Å². The first-order chi connectivity index (χ1) is 9.24. The number of aromatic hydroxyl groups is 1. The Morgan fingerprint density at radius 3 is 2.58 bits per heavy atom. The zero-order valence-corrected chi connectivity index (χ0v) is 11.5. The molecule has 1 aliphatic rings. The summed E-state index contributed by atoms with van der Waals surface area (Å²) in [5.41, 5.74) is 3.93. The SMILES string of the molecule is Oc1ccc(CC2CCc3ccccc3C2Cl)cc1. The van der Waals surface area contributed by atoms with E-state index in [4.69, 9.17) is 11.6 Å². The second kappa shape index (κ2) is 5.26. The summed E-state index contributed by atoms with van der Waals surface area (Å²) in [4.78, 5) is 0. The molecule has 0 saturated heterocycles. The largest absolute Gasteiger partial charge is 0.508 e. The maximum atomic E-state index is 9.32. The van der Waals surface area contributed by atoms with E-state index in [1.54, 1.807) is 12.1 Å². The molecule has 2 atom stereocenters. The molecule has 1 N–H and O–H groups in total. The van der Waals surface area contributed by atoms with Crippen LogP contribution in [0.2, 0.25) is 0 Å². The standard InChI is InChI=1S/C17H17ClO/c18-17-14(11-12-5-9-15(19)10-6-12)8-7-13-3-1-2-4-16(13)17/h1-6,9-10,14,17,19H,7-8,11H2. The molecule has 1 aliphatic carbocycles. The summed E-state index contributed by atoms with van der Waals surface area (Å²) < 4.78 is 0. The number of halogens is 1. The highest BCUT2D eigenvalue weighted by atomic mass is 35.5. The Morgan fingerprint density at radius 2 is 1.79 bits per heavy atom. The third-order valence-corrected chi connectivity index (χ3v) is 4.58. The molecule has 0 fully saturated rings. The number of phenolic OH excluding ortho intramolecular Hbond substituents is 1. The van der Waals surface area contributed by atoms with Gasteiger partial charge < -0.3 is 5.11 Å². The molecule has 98 valence electrons. The summed E-state index contributed by atoms with van der Waals surface area (Å²) in [5, 5.41) is 9.41. The van der Waals surface area contributed by atoms with Gasteiger partial charge in [-0.05, 0) is 54.0 Å². The molecule has 0 aromatic heterocycles. The van der Waals surface area contributed by atoms with Gasteiger partial charge in [-0.15, -0.1) is 11.6 Å². The lowest BCUT2D eigenvalue weighted by molar-refractivity contribution is 0.441. The van der Waals surface area contributed by atoms with Crippen LogP contribution in [0.1, 0.15) is 28.5 Å².